The fourth-order valence-corrected chi connectivity index (χ4v) is 7.01. The van der Waals surface area contributed by atoms with E-state index in [1.165, 1.54) is 12.4 Å². The normalized spacial score (nSPS) is 23.2. The fourth-order valence-electron chi connectivity index (χ4n) is 7.01. The van der Waals surface area contributed by atoms with Gasteiger partial charge in [-0.3, -0.25) is 4.79 Å². The average Bonchev–Trinajstić information content (AvgIpc) is 3.43. The predicted molar refractivity (Wildman–Crippen MR) is 173 cm³/mol. The molecule has 2 aromatic heterocycles. The molecule has 4 aliphatic rings. The Labute approximate surface area is 283 Å². The third-order valence-corrected chi connectivity index (χ3v) is 9.50. The molecule has 49 heavy (non-hydrogen) atoms. The predicted octanol–water partition coefficient (Wildman–Crippen LogP) is 4.76. The Hall–Kier alpha value is -4.40. The summed E-state index contributed by atoms with van der Waals surface area (Å²) in [7, 11) is 0. The Morgan fingerprint density at radius 3 is 2.41 bits per heavy atom. The zero-order valence-electron chi connectivity index (χ0n) is 28.0. The number of rotatable bonds is 8. The highest BCUT2D eigenvalue weighted by atomic mass is 19.1. The number of carbonyl (C=O) groups excluding carboxylic acids is 2. The van der Waals surface area contributed by atoms with Crippen LogP contribution in [0.15, 0.2) is 35.1 Å². The monoisotopic (exact) mass is 680 g/mol. The lowest BCUT2D eigenvalue weighted by Crippen LogP contribution is -2.48. The standard InChI is InChI=1S/C34H42F2N8O5/c1-34(2,3)48-33(46)39-27-19-43(18-25(27)24-15-21(35)6-9-26(24)36)31-37-16-20(17-38-31)30(45)44(22-7-8-22)23-10-12-42(13-11-23)32-40-29(41-49-32)28-5-4-14-47-28/h6,9,15-17,22-23,25,27-28H,4-5,7-8,10-14,18-19H2,1-3H3,(H,39,46)/t25-,27+,28+/m1/s1. The van der Waals surface area contributed by atoms with E-state index in [4.69, 9.17) is 14.0 Å². The van der Waals surface area contributed by atoms with Gasteiger partial charge in [0.2, 0.25) is 11.8 Å². The fraction of sp³-hybridized carbons (Fsp3) is 0.588. The number of ether oxygens (including phenoxy) is 2. The average molecular weight is 681 g/mol. The summed E-state index contributed by atoms with van der Waals surface area (Å²) in [5, 5.41) is 6.96. The minimum atomic E-state index is -0.735. The van der Waals surface area contributed by atoms with Crippen molar-refractivity contribution >= 4 is 24.0 Å². The van der Waals surface area contributed by atoms with Crippen molar-refractivity contribution < 1.29 is 32.4 Å². The second-order valence-electron chi connectivity index (χ2n) is 14.3. The van der Waals surface area contributed by atoms with Gasteiger partial charge in [-0.05, 0) is 83.1 Å². The second kappa shape index (κ2) is 13.5. The molecular weight excluding hydrogens is 638 g/mol. The van der Waals surface area contributed by atoms with E-state index in [1.807, 2.05) is 4.90 Å². The van der Waals surface area contributed by atoms with E-state index in [-0.39, 0.29) is 42.7 Å². The summed E-state index contributed by atoms with van der Waals surface area (Å²) >= 11 is 0. The van der Waals surface area contributed by atoms with Crippen molar-refractivity contribution in [2.24, 2.45) is 0 Å². The van der Waals surface area contributed by atoms with Crippen LogP contribution >= 0.6 is 0 Å². The first-order chi connectivity index (χ1) is 23.5. The number of piperidine rings is 1. The molecule has 13 nitrogen and oxygen atoms in total. The maximum atomic E-state index is 14.9. The molecule has 15 heteroatoms. The van der Waals surface area contributed by atoms with E-state index in [1.54, 1.807) is 25.7 Å². The summed E-state index contributed by atoms with van der Waals surface area (Å²) in [6.45, 7) is 7.78. The van der Waals surface area contributed by atoms with Crippen LogP contribution in [0.25, 0.3) is 0 Å². The van der Waals surface area contributed by atoms with E-state index < -0.39 is 35.3 Å². The molecule has 0 bridgehead atoms. The van der Waals surface area contributed by atoms with Gasteiger partial charge in [0.25, 0.3) is 5.91 Å². The molecule has 0 unspecified atom stereocenters. The number of amides is 2. The number of nitrogens with one attached hydrogen (secondary N) is 1. The number of benzene rings is 1. The zero-order valence-corrected chi connectivity index (χ0v) is 28.0. The van der Waals surface area contributed by atoms with Gasteiger partial charge in [-0.2, -0.15) is 4.98 Å². The highest BCUT2D eigenvalue weighted by Crippen LogP contribution is 2.36. The molecule has 3 atom stereocenters. The van der Waals surface area contributed by atoms with Gasteiger partial charge in [-0.15, -0.1) is 0 Å². The minimum Gasteiger partial charge on any atom is -0.444 e. The quantitative estimate of drug-likeness (QED) is 0.352. The van der Waals surface area contributed by atoms with Crippen LogP contribution in [0.5, 0.6) is 0 Å². The summed E-state index contributed by atoms with van der Waals surface area (Å²) in [6.07, 6.45) is 7.59. The summed E-state index contributed by atoms with van der Waals surface area (Å²) in [5.74, 6) is -0.948. The number of halogens is 2. The lowest BCUT2D eigenvalue weighted by atomic mass is 9.94. The van der Waals surface area contributed by atoms with Crippen molar-refractivity contribution in [2.75, 3.05) is 42.6 Å². The molecule has 1 saturated carbocycles. The van der Waals surface area contributed by atoms with Crippen LogP contribution in [0.2, 0.25) is 0 Å². The van der Waals surface area contributed by atoms with E-state index in [9.17, 15) is 18.4 Å². The number of hydrogen-bond donors (Lipinski definition) is 1. The zero-order chi connectivity index (χ0) is 34.3. The highest BCUT2D eigenvalue weighted by Gasteiger charge is 2.41. The molecule has 4 fully saturated rings. The molecule has 3 aromatic rings. The van der Waals surface area contributed by atoms with Gasteiger partial charge in [0.05, 0.1) is 11.6 Å². The van der Waals surface area contributed by atoms with E-state index in [0.29, 0.717) is 43.0 Å². The van der Waals surface area contributed by atoms with Crippen molar-refractivity contribution in [3.05, 3.63) is 59.2 Å². The van der Waals surface area contributed by atoms with Crippen LogP contribution in [0, 0.1) is 11.6 Å². The number of alkyl carbamates (subject to hydrolysis) is 1. The molecule has 1 aromatic carbocycles. The summed E-state index contributed by atoms with van der Waals surface area (Å²) in [6, 6.07) is 3.41. The molecule has 5 heterocycles. The van der Waals surface area contributed by atoms with Crippen LogP contribution in [0.4, 0.5) is 25.5 Å². The Bertz CT molecular complexity index is 1650. The van der Waals surface area contributed by atoms with Gasteiger partial charge in [-0.25, -0.2) is 23.5 Å². The van der Waals surface area contributed by atoms with Crippen LogP contribution < -0.4 is 15.1 Å². The molecule has 3 aliphatic heterocycles. The van der Waals surface area contributed by atoms with Crippen molar-refractivity contribution in [2.45, 2.75) is 95.0 Å². The highest BCUT2D eigenvalue weighted by molar-refractivity contribution is 5.94. The number of nitrogens with zero attached hydrogens (tertiary/aromatic N) is 7. The smallest absolute Gasteiger partial charge is 0.407 e. The van der Waals surface area contributed by atoms with Crippen molar-refractivity contribution in [3.63, 3.8) is 0 Å². The summed E-state index contributed by atoms with van der Waals surface area (Å²) < 4.78 is 45.8. The number of aromatic nitrogens is 4. The number of hydrogen-bond acceptors (Lipinski definition) is 11. The molecule has 3 saturated heterocycles. The molecule has 1 aliphatic carbocycles. The maximum Gasteiger partial charge on any atom is 0.407 e. The molecular formula is C34H42F2N8O5. The summed E-state index contributed by atoms with van der Waals surface area (Å²) in [4.78, 5) is 46.1. The third kappa shape index (κ3) is 7.46. The first-order valence-corrected chi connectivity index (χ1v) is 17.1. The van der Waals surface area contributed by atoms with Crippen molar-refractivity contribution in [1.29, 1.82) is 0 Å². The maximum absolute atomic E-state index is 14.9. The Kier molecular flexibility index (Phi) is 9.11. The first-order valence-electron chi connectivity index (χ1n) is 17.1. The summed E-state index contributed by atoms with van der Waals surface area (Å²) in [5.41, 5.74) is -0.211. The molecule has 0 radical (unpaired) electrons. The Morgan fingerprint density at radius 1 is 1.00 bits per heavy atom. The molecule has 0 spiro atoms. The number of carbonyl (C=O) groups is 2. The van der Waals surface area contributed by atoms with Gasteiger partial charge in [-0.1, -0.05) is 5.16 Å². The van der Waals surface area contributed by atoms with Gasteiger partial charge in [0, 0.05) is 63.2 Å². The number of anilines is 2. The Balaban J connectivity index is 1.02. The second-order valence-corrected chi connectivity index (χ2v) is 14.3. The van der Waals surface area contributed by atoms with Crippen LogP contribution in [0.1, 0.15) is 93.1 Å². The molecule has 2 amide bonds. The lowest BCUT2D eigenvalue weighted by molar-refractivity contribution is 0.0503. The van der Waals surface area contributed by atoms with E-state index in [2.05, 4.69) is 30.3 Å². The minimum absolute atomic E-state index is 0.0525. The molecule has 262 valence electrons. The van der Waals surface area contributed by atoms with Crippen LogP contribution in [-0.2, 0) is 9.47 Å². The van der Waals surface area contributed by atoms with Crippen LogP contribution in [0.3, 0.4) is 0 Å². The van der Waals surface area contributed by atoms with E-state index >= 15 is 0 Å². The van der Waals surface area contributed by atoms with Gasteiger partial charge < -0.3 is 34.0 Å². The van der Waals surface area contributed by atoms with Gasteiger partial charge >= 0.3 is 12.1 Å². The first kappa shape index (κ1) is 33.1. The van der Waals surface area contributed by atoms with Crippen LogP contribution in [-0.4, -0.2) is 93.5 Å². The SMILES string of the molecule is CC(C)(C)OC(=O)N[C@H]1CN(c2ncc(C(=O)N(C3CC3)C3CCN(c4nc([C@@H]5CCCO5)no4)CC3)cn2)C[C@@H]1c1cc(F)ccc1F. The van der Waals surface area contributed by atoms with Crippen molar-refractivity contribution in [1.82, 2.24) is 30.3 Å². The van der Waals surface area contributed by atoms with Crippen molar-refractivity contribution in [3.8, 4) is 0 Å². The molecule has 1 N–H and O–H groups in total. The van der Waals surface area contributed by atoms with Gasteiger partial charge in [0.15, 0.2) is 0 Å². The van der Waals surface area contributed by atoms with E-state index in [0.717, 1.165) is 56.7 Å². The van der Waals surface area contributed by atoms with Gasteiger partial charge in [0.1, 0.15) is 23.3 Å². The topological polar surface area (TPSA) is 139 Å². The largest absolute Gasteiger partial charge is 0.444 e. The molecule has 7 rings (SSSR count). The Morgan fingerprint density at radius 2 is 1.73 bits per heavy atom. The third-order valence-electron chi connectivity index (χ3n) is 9.50. The lowest BCUT2D eigenvalue weighted by Gasteiger charge is -2.38.